The Morgan fingerprint density at radius 2 is 1.95 bits per heavy atom. The summed E-state index contributed by atoms with van der Waals surface area (Å²) in [6.45, 7) is 0. The first-order chi connectivity index (χ1) is 9.58. The lowest BCUT2D eigenvalue weighted by Gasteiger charge is -2.33. The molecule has 0 spiro atoms. The fraction of sp³-hybridized carbons (Fsp3) is 0.533. The van der Waals surface area contributed by atoms with Gasteiger partial charge in [0.15, 0.2) is 0 Å². The predicted molar refractivity (Wildman–Crippen MR) is 67.1 cm³/mol. The minimum absolute atomic E-state index is 0.0916. The summed E-state index contributed by atoms with van der Waals surface area (Å²) >= 11 is 0. The second-order valence-corrected chi connectivity index (χ2v) is 5.50. The normalized spacial score (nSPS) is 31.6. The van der Waals surface area contributed by atoms with Crippen molar-refractivity contribution in [3.63, 3.8) is 0 Å². The molecule has 5 heteroatoms. The average Bonchev–Trinajstić information content (AvgIpc) is 3.16. The number of hydrogen-bond donors (Lipinski definition) is 0. The molecule has 0 heterocycles. The quantitative estimate of drug-likeness (QED) is 0.797. The summed E-state index contributed by atoms with van der Waals surface area (Å²) in [6, 6.07) is 3.34. The van der Waals surface area contributed by atoms with Crippen LogP contribution in [0, 0.1) is 17.6 Å². The summed E-state index contributed by atoms with van der Waals surface area (Å²) in [5, 5.41) is 0. The van der Waals surface area contributed by atoms with E-state index in [-0.39, 0.29) is 35.6 Å². The fourth-order valence-electron chi connectivity index (χ4n) is 2.66. The highest BCUT2D eigenvalue weighted by Gasteiger charge is 2.48. The summed E-state index contributed by atoms with van der Waals surface area (Å²) in [6.07, 6.45) is 2.04. The first kappa shape index (κ1) is 13.5. The van der Waals surface area contributed by atoms with Crippen LogP contribution in [0.5, 0.6) is 0 Å². The molecule has 0 aromatic heterocycles. The van der Waals surface area contributed by atoms with Gasteiger partial charge in [-0.3, -0.25) is 4.79 Å². The van der Waals surface area contributed by atoms with Gasteiger partial charge >= 0.3 is 5.97 Å². The van der Waals surface area contributed by atoms with Crippen LogP contribution in [0.25, 0.3) is 0 Å². The zero-order valence-electron chi connectivity index (χ0n) is 11.1. The number of benzene rings is 1. The SMILES string of the molecule is COC1CC(OC(=O)[C@@H]2C[C@H]2c2cc(F)ccc2F)C1. The summed E-state index contributed by atoms with van der Waals surface area (Å²) in [5.74, 6) is -1.85. The van der Waals surface area contributed by atoms with Gasteiger partial charge < -0.3 is 9.47 Å². The van der Waals surface area contributed by atoms with Crippen LogP contribution in [0.15, 0.2) is 18.2 Å². The number of ether oxygens (including phenoxy) is 2. The van der Waals surface area contributed by atoms with E-state index in [9.17, 15) is 13.6 Å². The summed E-state index contributed by atoms with van der Waals surface area (Å²) in [4.78, 5) is 11.9. The molecule has 0 bridgehead atoms. The predicted octanol–water partition coefficient (Wildman–Crippen LogP) is 2.79. The van der Waals surface area contributed by atoms with Crippen molar-refractivity contribution in [3.05, 3.63) is 35.4 Å². The van der Waals surface area contributed by atoms with Crippen LogP contribution in [0.2, 0.25) is 0 Å². The smallest absolute Gasteiger partial charge is 0.309 e. The molecule has 20 heavy (non-hydrogen) atoms. The van der Waals surface area contributed by atoms with Crippen molar-refractivity contribution in [2.24, 2.45) is 5.92 Å². The molecule has 2 aliphatic rings. The van der Waals surface area contributed by atoms with Gasteiger partial charge in [0.25, 0.3) is 0 Å². The number of halogens is 2. The van der Waals surface area contributed by atoms with E-state index in [0.717, 1.165) is 18.2 Å². The van der Waals surface area contributed by atoms with E-state index < -0.39 is 11.6 Å². The lowest BCUT2D eigenvalue weighted by Crippen LogP contribution is -2.38. The monoisotopic (exact) mass is 282 g/mol. The highest BCUT2D eigenvalue weighted by Crippen LogP contribution is 2.49. The lowest BCUT2D eigenvalue weighted by atomic mass is 9.92. The Morgan fingerprint density at radius 1 is 1.20 bits per heavy atom. The van der Waals surface area contributed by atoms with Gasteiger partial charge in [-0.25, -0.2) is 8.78 Å². The number of carbonyl (C=O) groups excluding carboxylic acids is 1. The first-order valence-corrected chi connectivity index (χ1v) is 6.76. The van der Waals surface area contributed by atoms with Crippen molar-refractivity contribution >= 4 is 5.97 Å². The molecule has 2 saturated carbocycles. The third-order valence-corrected chi connectivity index (χ3v) is 4.12. The van der Waals surface area contributed by atoms with Crippen molar-refractivity contribution in [2.45, 2.75) is 37.4 Å². The molecule has 0 unspecified atom stereocenters. The van der Waals surface area contributed by atoms with E-state index in [1.165, 1.54) is 0 Å². The summed E-state index contributed by atoms with van der Waals surface area (Å²) in [7, 11) is 1.63. The molecule has 0 N–H and O–H groups in total. The molecule has 2 aliphatic carbocycles. The largest absolute Gasteiger partial charge is 0.462 e. The van der Waals surface area contributed by atoms with Gasteiger partial charge in [0.1, 0.15) is 17.7 Å². The van der Waals surface area contributed by atoms with Crippen molar-refractivity contribution in [2.75, 3.05) is 7.11 Å². The first-order valence-electron chi connectivity index (χ1n) is 6.76. The van der Waals surface area contributed by atoms with E-state index in [1.54, 1.807) is 7.11 Å². The van der Waals surface area contributed by atoms with Crippen molar-refractivity contribution in [3.8, 4) is 0 Å². The molecule has 0 radical (unpaired) electrons. The Bertz CT molecular complexity index is 526. The van der Waals surface area contributed by atoms with E-state index in [0.29, 0.717) is 19.3 Å². The summed E-state index contributed by atoms with van der Waals surface area (Å²) < 4.78 is 37.2. The number of hydrogen-bond acceptors (Lipinski definition) is 3. The highest BCUT2D eigenvalue weighted by molar-refractivity contribution is 5.77. The van der Waals surface area contributed by atoms with Gasteiger partial charge in [0, 0.05) is 25.9 Å². The Balaban J connectivity index is 1.56. The van der Waals surface area contributed by atoms with Gasteiger partial charge in [-0.15, -0.1) is 0 Å². The molecule has 2 atom stereocenters. The maximum Gasteiger partial charge on any atom is 0.309 e. The zero-order valence-corrected chi connectivity index (χ0v) is 11.1. The topological polar surface area (TPSA) is 35.5 Å². The maximum absolute atomic E-state index is 13.6. The molecule has 1 aromatic rings. The molecule has 0 amide bonds. The van der Waals surface area contributed by atoms with Crippen molar-refractivity contribution < 1.29 is 23.0 Å². The molecule has 2 fully saturated rings. The highest BCUT2D eigenvalue weighted by atomic mass is 19.1. The molecular weight excluding hydrogens is 266 g/mol. The number of esters is 1. The molecular formula is C15H16F2O3. The van der Waals surface area contributed by atoms with Gasteiger partial charge in [-0.1, -0.05) is 0 Å². The van der Waals surface area contributed by atoms with Gasteiger partial charge in [0.05, 0.1) is 12.0 Å². The Labute approximate surface area is 115 Å². The molecule has 0 saturated heterocycles. The molecule has 108 valence electrons. The Morgan fingerprint density at radius 3 is 2.65 bits per heavy atom. The Hall–Kier alpha value is -1.49. The zero-order chi connectivity index (χ0) is 14.3. The van der Waals surface area contributed by atoms with Crippen LogP contribution in [0.3, 0.4) is 0 Å². The number of methoxy groups -OCH3 is 1. The maximum atomic E-state index is 13.6. The van der Waals surface area contributed by atoms with Crippen LogP contribution < -0.4 is 0 Å². The van der Waals surface area contributed by atoms with E-state index in [4.69, 9.17) is 9.47 Å². The lowest BCUT2D eigenvalue weighted by molar-refractivity contribution is -0.162. The Kier molecular flexibility index (Phi) is 3.46. The fourth-order valence-corrected chi connectivity index (χ4v) is 2.66. The second kappa shape index (κ2) is 5.13. The van der Waals surface area contributed by atoms with Gasteiger partial charge in [0.2, 0.25) is 0 Å². The average molecular weight is 282 g/mol. The van der Waals surface area contributed by atoms with Crippen molar-refractivity contribution in [1.82, 2.24) is 0 Å². The second-order valence-electron chi connectivity index (χ2n) is 5.50. The summed E-state index contributed by atoms with van der Waals surface area (Å²) in [5.41, 5.74) is 0.273. The molecule has 3 nitrogen and oxygen atoms in total. The molecule has 0 aliphatic heterocycles. The van der Waals surface area contributed by atoms with Crippen LogP contribution >= 0.6 is 0 Å². The van der Waals surface area contributed by atoms with Crippen LogP contribution in [0.1, 0.15) is 30.7 Å². The van der Waals surface area contributed by atoms with Crippen LogP contribution in [-0.4, -0.2) is 25.3 Å². The molecule has 1 aromatic carbocycles. The third-order valence-electron chi connectivity index (χ3n) is 4.12. The van der Waals surface area contributed by atoms with Crippen LogP contribution in [0.4, 0.5) is 8.78 Å². The minimum Gasteiger partial charge on any atom is -0.462 e. The van der Waals surface area contributed by atoms with Gasteiger partial charge in [-0.2, -0.15) is 0 Å². The van der Waals surface area contributed by atoms with E-state index in [1.807, 2.05) is 0 Å². The van der Waals surface area contributed by atoms with E-state index >= 15 is 0 Å². The van der Waals surface area contributed by atoms with E-state index in [2.05, 4.69) is 0 Å². The van der Waals surface area contributed by atoms with Crippen molar-refractivity contribution in [1.29, 1.82) is 0 Å². The standard InChI is InChI=1S/C15H16F2O3/c1-19-9-5-10(6-9)20-15(18)13-7-11(13)12-4-8(16)2-3-14(12)17/h2-4,9-11,13H,5-7H2,1H3/t9?,10?,11-,13+/m0/s1. The third kappa shape index (κ3) is 2.54. The number of rotatable bonds is 4. The van der Waals surface area contributed by atoms with Crippen LogP contribution in [-0.2, 0) is 14.3 Å². The number of carbonyl (C=O) groups is 1. The van der Waals surface area contributed by atoms with Gasteiger partial charge in [-0.05, 0) is 30.2 Å². The minimum atomic E-state index is -0.484. The molecule has 3 rings (SSSR count).